The minimum Gasteiger partial charge on any atom is -0.490 e. The van der Waals surface area contributed by atoms with Crippen LogP contribution < -0.4 is 9.47 Å². The molecule has 1 fully saturated rings. The number of rotatable bonds is 8. The largest absolute Gasteiger partial charge is 0.490 e. The maximum Gasteiger partial charge on any atom is 0.335 e. The fraction of sp³-hybridized carbons (Fsp3) is 0.179. The smallest absolute Gasteiger partial charge is 0.335 e. The molecule has 1 saturated heterocycles. The van der Waals surface area contributed by atoms with Gasteiger partial charge in [0.1, 0.15) is 6.61 Å². The topological polar surface area (TPSA) is 88.4 Å². The van der Waals surface area contributed by atoms with Gasteiger partial charge in [-0.1, -0.05) is 45.8 Å². The summed E-state index contributed by atoms with van der Waals surface area (Å²) in [5.74, 6) is -0.000505. The van der Waals surface area contributed by atoms with E-state index in [1.165, 1.54) is 28.8 Å². The fourth-order valence-electron chi connectivity index (χ4n) is 3.59. The zero-order valence-electron chi connectivity index (χ0n) is 20.5. The van der Waals surface area contributed by atoms with Crippen LogP contribution in [0.4, 0.5) is 5.69 Å². The van der Waals surface area contributed by atoms with Crippen molar-refractivity contribution >= 4 is 56.5 Å². The van der Waals surface area contributed by atoms with E-state index < -0.39 is 5.97 Å². The lowest BCUT2D eigenvalue weighted by atomic mass is 10.1. The second kappa shape index (κ2) is 11.7. The monoisotopic (exact) mass is 580 g/mol. The standard InChI is InChI=1S/C28H25BrN2O5S/c1-4-35-23-13-20(22(29)15-24(23)36-16-18-7-5-6-17(2)12-18)14-25-26(32)31(3)28(37-25)30-21-10-8-19(9-11-21)27(33)34/h5-15H,4,16H2,1-3H3,(H,33,34)/b25-14-,30-28?. The average molecular weight is 581 g/mol. The van der Waals surface area contributed by atoms with Crippen molar-refractivity contribution in [3.8, 4) is 11.5 Å². The van der Waals surface area contributed by atoms with Crippen molar-refractivity contribution in [3.05, 3.63) is 92.3 Å². The van der Waals surface area contributed by atoms with Crippen LogP contribution in [-0.4, -0.2) is 40.7 Å². The number of halogens is 1. The van der Waals surface area contributed by atoms with Gasteiger partial charge in [-0.3, -0.25) is 9.69 Å². The Hall–Kier alpha value is -3.56. The molecule has 0 aliphatic carbocycles. The molecule has 1 aliphatic heterocycles. The predicted octanol–water partition coefficient (Wildman–Crippen LogP) is 6.67. The number of aliphatic imine (C=N–C) groups is 1. The Morgan fingerprint density at radius 3 is 2.51 bits per heavy atom. The summed E-state index contributed by atoms with van der Waals surface area (Å²) < 4.78 is 12.7. The van der Waals surface area contributed by atoms with Gasteiger partial charge in [0.25, 0.3) is 5.91 Å². The van der Waals surface area contributed by atoms with E-state index in [1.807, 2.05) is 44.2 Å². The Morgan fingerprint density at radius 1 is 1.11 bits per heavy atom. The summed E-state index contributed by atoms with van der Waals surface area (Å²) in [7, 11) is 1.66. The van der Waals surface area contributed by atoms with Crippen LogP contribution in [0.1, 0.15) is 34.0 Å². The highest BCUT2D eigenvalue weighted by molar-refractivity contribution is 9.10. The Labute approximate surface area is 227 Å². The van der Waals surface area contributed by atoms with Crippen molar-refractivity contribution in [2.24, 2.45) is 4.99 Å². The number of amides is 1. The fourth-order valence-corrected chi connectivity index (χ4v) is 5.00. The molecule has 1 N–H and O–H groups in total. The SMILES string of the molecule is CCOc1cc(/C=C2\SC(=Nc3ccc(C(=O)O)cc3)N(C)C2=O)c(Br)cc1OCc1cccc(C)c1. The number of aryl methyl sites for hydroxylation is 1. The molecular weight excluding hydrogens is 556 g/mol. The van der Waals surface area contributed by atoms with Gasteiger partial charge in [0.05, 0.1) is 22.8 Å². The van der Waals surface area contributed by atoms with Crippen molar-refractivity contribution in [3.63, 3.8) is 0 Å². The molecule has 1 heterocycles. The lowest BCUT2D eigenvalue weighted by Crippen LogP contribution is -2.23. The summed E-state index contributed by atoms with van der Waals surface area (Å²) in [4.78, 5) is 30.5. The van der Waals surface area contributed by atoms with E-state index in [2.05, 4.69) is 27.0 Å². The molecule has 0 atom stereocenters. The molecule has 3 aromatic rings. The van der Waals surface area contributed by atoms with E-state index >= 15 is 0 Å². The molecule has 0 unspecified atom stereocenters. The zero-order valence-corrected chi connectivity index (χ0v) is 22.9. The van der Waals surface area contributed by atoms with Crippen molar-refractivity contribution < 1.29 is 24.2 Å². The maximum atomic E-state index is 12.9. The molecule has 190 valence electrons. The van der Waals surface area contributed by atoms with Crippen molar-refractivity contribution in [1.82, 2.24) is 4.90 Å². The second-order valence-electron chi connectivity index (χ2n) is 8.25. The number of carbonyl (C=O) groups excluding carboxylic acids is 1. The van der Waals surface area contributed by atoms with E-state index in [0.29, 0.717) is 40.5 Å². The first kappa shape index (κ1) is 26.5. The molecule has 1 amide bonds. The first-order valence-electron chi connectivity index (χ1n) is 11.5. The average Bonchev–Trinajstić information content (AvgIpc) is 3.13. The third-order valence-electron chi connectivity index (χ3n) is 5.47. The summed E-state index contributed by atoms with van der Waals surface area (Å²) in [6.45, 7) is 4.81. The number of carbonyl (C=O) groups is 2. The van der Waals surface area contributed by atoms with Crippen LogP contribution in [0.5, 0.6) is 11.5 Å². The highest BCUT2D eigenvalue weighted by Gasteiger charge is 2.30. The number of carboxylic acids is 1. The predicted molar refractivity (Wildman–Crippen MR) is 150 cm³/mol. The van der Waals surface area contributed by atoms with Gasteiger partial charge in [-0.2, -0.15) is 0 Å². The van der Waals surface area contributed by atoms with Gasteiger partial charge in [-0.05, 0) is 79.2 Å². The first-order valence-corrected chi connectivity index (χ1v) is 13.1. The molecule has 9 heteroatoms. The summed E-state index contributed by atoms with van der Waals surface area (Å²) in [6.07, 6.45) is 1.79. The van der Waals surface area contributed by atoms with Crippen LogP contribution >= 0.6 is 27.7 Å². The minimum atomic E-state index is -1.00. The molecule has 0 spiro atoms. The van der Waals surface area contributed by atoms with Crippen LogP contribution in [0.15, 0.2) is 75.0 Å². The number of nitrogens with zero attached hydrogens (tertiary/aromatic N) is 2. The molecule has 0 aromatic heterocycles. The summed E-state index contributed by atoms with van der Waals surface area (Å²) in [5, 5.41) is 9.57. The third-order valence-corrected chi connectivity index (χ3v) is 7.22. The van der Waals surface area contributed by atoms with Gasteiger partial charge in [-0.15, -0.1) is 0 Å². The van der Waals surface area contributed by atoms with Gasteiger partial charge in [0.2, 0.25) is 0 Å². The second-order valence-corrected chi connectivity index (χ2v) is 10.1. The van der Waals surface area contributed by atoms with Crippen molar-refractivity contribution in [1.29, 1.82) is 0 Å². The van der Waals surface area contributed by atoms with E-state index in [-0.39, 0.29) is 11.5 Å². The van der Waals surface area contributed by atoms with Gasteiger partial charge in [0, 0.05) is 11.5 Å². The van der Waals surface area contributed by atoms with E-state index in [0.717, 1.165) is 21.2 Å². The molecule has 4 rings (SSSR count). The molecule has 3 aromatic carbocycles. The minimum absolute atomic E-state index is 0.175. The number of benzene rings is 3. The number of ether oxygens (including phenoxy) is 2. The Bertz CT molecular complexity index is 1400. The zero-order chi connectivity index (χ0) is 26.5. The van der Waals surface area contributed by atoms with E-state index in [1.54, 1.807) is 25.3 Å². The Morgan fingerprint density at radius 2 is 1.84 bits per heavy atom. The summed E-state index contributed by atoms with van der Waals surface area (Å²) in [6, 6.07) is 18.0. The first-order chi connectivity index (χ1) is 17.7. The van der Waals surface area contributed by atoms with Gasteiger partial charge < -0.3 is 14.6 Å². The molecule has 7 nitrogen and oxygen atoms in total. The lowest BCUT2D eigenvalue weighted by Gasteiger charge is -2.14. The van der Waals surface area contributed by atoms with Crippen LogP contribution in [0.3, 0.4) is 0 Å². The van der Waals surface area contributed by atoms with E-state index in [4.69, 9.17) is 14.6 Å². The van der Waals surface area contributed by atoms with Gasteiger partial charge >= 0.3 is 5.97 Å². The molecule has 0 bridgehead atoms. The molecular formula is C28H25BrN2O5S. The van der Waals surface area contributed by atoms with Crippen LogP contribution in [0.2, 0.25) is 0 Å². The number of carboxylic acid groups (broad SMARTS) is 1. The molecule has 0 saturated carbocycles. The number of likely N-dealkylation sites (N-methyl/N-ethyl adjacent to an activating group) is 1. The van der Waals surface area contributed by atoms with Crippen LogP contribution in [-0.2, 0) is 11.4 Å². The number of amidine groups is 1. The number of hydrogen-bond donors (Lipinski definition) is 1. The highest BCUT2D eigenvalue weighted by atomic mass is 79.9. The molecule has 0 radical (unpaired) electrons. The van der Waals surface area contributed by atoms with Gasteiger partial charge in [0.15, 0.2) is 16.7 Å². The van der Waals surface area contributed by atoms with Crippen molar-refractivity contribution in [2.75, 3.05) is 13.7 Å². The quantitative estimate of drug-likeness (QED) is 0.299. The number of thioether (sulfide) groups is 1. The number of hydrogen-bond acceptors (Lipinski definition) is 6. The normalized spacial score (nSPS) is 15.5. The summed E-state index contributed by atoms with van der Waals surface area (Å²) in [5.41, 5.74) is 3.73. The summed E-state index contributed by atoms with van der Waals surface area (Å²) >= 11 is 4.85. The third kappa shape index (κ3) is 6.42. The Balaban J connectivity index is 1.58. The lowest BCUT2D eigenvalue weighted by molar-refractivity contribution is -0.121. The van der Waals surface area contributed by atoms with Gasteiger partial charge in [-0.25, -0.2) is 9.79 Å². The molecule has 37 heavy (non-hydrogen) atoms. The maximum absolute atomic E-state index is 12.9. The van der Waals surface area contributed by atoms with Crippen LogP contribution in [0.25, 0.3) is 6.08 Å². The number of aromatic carboxylic acids is 1. The molecule has 1 aliphatic rings. The van der Waals surface area contributed by atoms with E-state index in [9.17, 15) is 9.59 Å². The van der Waals surface area contributed by atoms with Crippen LogP contribution in [0, 0.1) is 6.92 Å². The van der Waals surface area contributed by atoms with Crippen molar-refractivity contribution in [2.45, 2.75) is 20.5 Å². The Kier molecular flexibility index (Phi) is 8.35. The highest BCUT2D eigenvalue weighted by Crippen LogP contribution is 2.38.